The molecule has 2 aliphatic rings. The zero-order valence-corrected chi connectivity index (χ0v) is 12.7. The van der Waals surface area contributed by atoms with Gasteiger partial charge in [0.05, 0.1) is 7.11 Å². The van der Waals surface area contributed by atoms with Crippen molar-refractivity contribution in [2.45, 2.75) is 31.7 Å². The van der Waals surface area contributed by atoms with Crippen LogP contribution in [0.1, 0.15) is 37.3 Å². The Morgan fingerprint density at radius 1 is 1.24 bits per heavy atom. The fourth-order valence-electron chi connectivity index (χ4n) is 2.98. The van der Waals surface area contributed by atoms with Gasteiger partial charge in [-0.1, -0.05) is 6.07 Å². The van der Waals surface area contributed by atoms with Gasteiger partial charge < -0.3 is 10.5 Å². The monoisotopic (exact) mass is 292 g/mol. The molecule has 3 rings (SSSR count). The lowest BCUT2D eigenvalue weighted by Gasteiger charge is -2.31. The van der Waals surface area contributed by atoms with Crippen molar-refractivity contribution in [2.75, 3.05) is 26.7 Å². The SMILES string of the molecule is COc1ccc(C(CN)N(CC2CC2)CC2CC2)cc1F. The number of hydrogen-bond acceptors (Lipinski definition) is 3. The molecular formula is C17H25FN2O. The van der Waals surface area contributed by atoms with Crippen LogP contribution in [-0.2, 0) is 0 Å². The number of methoxy groups -OCH3 is 1. The molecule has 1 unspecified atom stereocenters. The summed E-state index contributed by atoms with van der Waals surface area (Å²) in [7, 11) is 1.49. The predicted molar refractivity (Wildman–Crippen MR) is 81.8 cm³/mol. The van der Waals surface area contributed by atoms with Gasteiger partial charge in [0.15, 0.2) is 11.6 Å². The van der Waals surface area contributed by atoms with Gasteiger partial charge >= 0.3 is 0 Å². The largest absolute Gasteiger partial charge is 0.494 e. The van der Waals surface area contributed by atoms with Crippen molar-refractivity contribution < 1.29 is 9.13 Å². The quantitative estimate of drug-likeness (QED) is 0.800. The zero-order valence-electron chi connectivity index (χ0n) is 12.7. The summed E-state index contributed by atoms with van der Waals surface area (Å²) in [5.41, 5.74) is 6.99. The lowest BCUT2D eigenvalue weighted by Crippen LogP contribution is -2.36. The minimum atomic E-state index is -0.300. The Morgan fingerprint density at radius 2 is 1.86 bits per heavy atom. The lowest BCUT2D eigenvalue weighted by atomic mass is 10.0. The van der Waals surface area contributed by atoms with E-state index in [0.717, 1.165) is 30.5 Å². The summed E-state index contributed by atoms with van der Waals surface area (Å²) in [6.45, 7) is 2.74. The average Bonchev–Trinajstić information content (AvgIpc) is 3.36. The Balaban J connectivity index is 1.77. The predicted octanol–water partition coefficient (Wildman–Crippen LogP) is 2.96. The van der Waals surface area contributed by atoms with Gasteiger partial charge in [0, 0.05) is 25.7 Å². The molecular weight excluding hydrogens is 267 g/mol. The van der Waals surface area contributed by atoms with Crippen LogP contribution in [0.25, 0.3) is 0 Å². The molecule has 0 bridgehead atoms. The van der Waals surface area contributed by atoms with Crippen molar-refractivity contribution in [1.29, 1.82) is 0 Å². The van der Waals surface area contributed by atoms with Gasteiger partial charge in [-0.15, -0.1) is 0 Å². The molecule has 2 aliphatic carbocycles. The normalized spacial score (nSPS) is 19.8. The van der Waals surface area contributed by atoms with Crippen LogP contribution < -0.4 is 10.5 Å². The van der Waals surface area contributed by atoms with E-state index in [2.05, 4.69) is 4.90 Å². The second-order valence-electron chi connectivity index (χ2n) is 6.49. The molecule has 1 atom stereocenters. The first-order valence-electron chi connectivity index (χ1n) is 7.98. The van der Waals surface area contributed by atoms with Crippen LogP contribution in [0.3, 0.4) is 0 Å². The summed E-state index contributed by atoms with van der Waals surface area (Å²) in [5.74, 6) is 1.64. The maximum Gasteiger partial charge on any atom is 0.165 e. The zero-order chi connectivity index (χ0) is 14.8. The number of benzene rings is 1. The van der Waals surface area contributed by atoms with Crippen molar-refractivity contribution in [3.63, 3.8) is 0 Å². The number of nitrogens with zero attached hydrogens (tertiary/aromatic N) is 1. The van der Waals surface area contributed by atoms with Gasteiger partial charge in [-0.3, -0.25) is 4.90 Å². The number of halogens is 1. The number of nitrogens with two attached hydrogens (primary N) is 1. The van der Waals surface area contributed by atoms with Crippen LogP contribution in [0.5, 0.6) is 5.75 Å². The van der Waals surface area contributed by atoms with Crippen LogP contribution in [0, 0.1) is 17.7 Å². The minimum Gasteiger partial charge on any atom is -0.494 e. The molecule has 1 aromatic carbocycles. The molecule has 2 saturated carbocycles. The molecule has 116 valence electrons. The molecule has 0 amide bonds. The summed E-state index contributed by atoms with van der Waals surface area (Å²) in [4.78, 5) is 2.48. The fraction of sp³-hybridized carbons (Fsp3) is 0.647. The van der Waals surface area contributed by atoms with E-state index in [4.69, 9.17) is 10.5 Å². The molecule has 0 spiro atoms. The van der Waals surface area contributed by atoms with Crippen molar-refractivity contribution in [3.8, 4) is 5.75 Å². The smallest absolute Gasteiger partial charge is 0.165 e. The van der Waals surface area contributed by atoms with E-state index in [-0.39, 0.29) is 11.9 Å². The molecule has 1 aromatic rings. The first-order chi connectivity index (χ1) is 10.2. The average molecular weight is 292 g/mol. The van der Waals surface area contributed by atoms with Crippen LogP contribution in [0.15, 0.2) is 18.2 Å². The third kappa shape index (κ3) is 3.74. The van der Waals surface area contributed by atoms with Crippen LogP contribution in [-0.4, -0.2) is 31.6 Å². The highest BCUT2D eigenvalue weighted by molar-refractivity contribution is 5.31. The molecule has 0 aromatic heterocycles. The fourth-order valence-corrected chi connectivity index (χ4v) is 2.98. The van der Waals surface area contributed by atoms with Gasteiger partial charge in [0.1, 0.15) is 0 Å². The third-order valence-corrected chi connectivity index (χ3v) is 4.60. The summed E-state index contributed by atoms with van der Waals surface area (Å²) in [6.07, 6.45) is 5.32. The van der Waals surface area contributed by atoms with Gasteiger partial charge in [0.2, 0.25) is 0 Å². The number of ether oxygens (including phenoxy) is 1. The summed E-state index contributed by atoms with van der Waals surface area (Å²) < 4.78 is 19.0. The second-order valence-corrected chi connectivity index (χ2v) is 6.49. The summed E-state index contributed by atoms with van der Waals surface area (Å²) in [5, 5.41) is 0. The first kappa shape index (κ1) is 14.8. The first-order valence-corrected chi connectivity index (χ1v) is 7.98. The van der Waals surface area contributed by atoms with E-state index in [0.29, 0.717) is 12.3 Å². The molecule has 2 N–H and O–H groups in total. The molecule has 2 fully saturated rings. The Kier molecular flexibility index (Phi) is 4.45. The van der Waals surface area contributed by atoms with Crippen molar-refractivity contribution in [2.24, 2.45) is 17.6 Å². The van der Waals surface area contributed by atoms with Gasteiger partial charge in [-0.2, -0.15) is 0 Å². The Labute approximate surface area is 126 Å². The van der Waals surface area contributed by atoms with Crippen molar-refractivity contribution in [1.82, 2.24) is 4.90 Å². The van der Waals surface area contributed by atoms with Gasteiger partial charge in [-0.05, 0) is 55.2 Å². The molecule has 0 aliphatic heterocycles. The minimum absolute atomic E-state index is 0.117. The topological polar surface area (TPSA) is 38.5 Å². The molecule has 0 saturated heterocycles. The van der Waals surface area contributed by atoms with Crippen LogP contribution in [0.4, 0.5) is 4.39 Å². The van der Waals surface area contributed by atoms with Crippen molar-refractivity contribution >= 4 is 0 Å². The summed E-state index contributed by atoms with van der Waals surface area (Å²) in [6, 6.07) is 5.36. The molecule has 4 heteroatoms. The summed E-state index contributed by atoms with van der Waals surface area (Å²) >= 11 is 0. The Hall–Kier alpha value is -1.13. The maximum atomic E-state index is 14.0. The van der Waals surface area contributed by atoms with Gasteiger partial charge in [0.25, 0.3) is 0 Å². The Morgan fingerprint density at radius 3 is 2.29 bits per heavy atom. The van der Waals surface area contributed by atoms with E-state index in [1.165, 1.54) is 32.8 Å². The highest BCUT2D eigenvalue weighted by Gasteiger charge is 2.32. The number of hydrogen-bond donors (Lipinski definition) is 1. The van der Waals surface area contributed by atoms with Crippen LogP contribution in [0.2, 0.25) is 0 Å². The van der Waals surface area contributed by atoms with E-state index >= 15 is 0 Å². The molecule has 21 heavy (non-hydrogen) atoms. The second kappa shape index (κ2) is 6.32. The van der Waals surface area contributed by atoms with Crippen LogP contribution >= 0.6 is 0 Å². The van der Waals surface area contributed by atoms with Crippen molar-refractivity contribution in [3.05, 3.63) is 29.6 Å². The Bertz CT molecular complexity index is 472. The van der Waals surface area contributed by atoms with Gasteiger partial charge in [-0.25, -0.2) is 4.39 Å². The van der Waals surface area contributed by atoms with E-state index in [9.17, 15) is 4.39 Å². The highest BCUT2D eigenvalue weighted by Crippen LogP contribution is 2.37. The van der Waals surface area contributed by atoms with E-state index < -0.39 is 0 Å². The van der Waals surface area contributed by atoms with E-state index in [1.807, 2.05) is 6.07 Å². The third-order valence-electron chi connectivity index (χ3n) is 4.60. The maximum absolute atomic E-state index is 14.0. The standard InChI is InChI=1S/C17H25FN2O/c1-21-17-7-6-14(8-15(17)18)16(9-19)20(10-12-2-3-12)11-13-4-5-13/h6-8,12-13,16H,2-5,9-11,19H2,1H3. The van der Waals surface area contributed by atoms with E-state index in [1.54, 1.807) is 12.1 Å². The molecule has 3 nitrogen and oxygen atoms in total. The molecule has 0 radical (unpaired) electrons. The number of rotatable bonds is 8. The highest BCUT2D eigenvalue weighted by atomic mass is 19.1. The molecule has 0 heterocycles. The lowest BCUT2D eigenvalue weighted by molar-refractivity contribution is 0.184.